The summed E-state index contributed by atoms with van der Waals surface area (Å²) in [4.78, 5) is 0.628. The van der Waals surface area contributed by atoms with E-state index in [9.17, 15) is 5.11 Å². The molecule has 2 aromatic carbocycles. The third kappa shape index (κ3) is 3.09. The molecule has 0 radical (unpaired) electrons. The Hall–Kier alpha value is -0.830. The number of aromatic hydroxyl groups is 1. The van der Waals surface area contributed by atoms with Crippen molar-refractivity contribution in [2.75, 3.05) is 0 Å². The number of hydrogen-bond donors (Lipinski definition) is 1. The molecule has 1 N–H and O–H groups in total. The van der Waals surface area contributed by atoms with Crippen LogP contribution in [-0.4, -0.2) is 5.11 Å². The molecule has 2 aromatic rings. The summed E-state index contributed by atoms with van der Waals surface area (Å²) in [5.74, 6) is 0.911. The van der Waals surface area contributed by atoms with E-state index in [0.29, 0.717) is 14.9 Å². The van der Waals surface area contributed by atoms with Gasteiger partial charge in [-0.05, 0) is 17.7 Å². The highest BCUT2D eigenvalue weighted by Gasteiger charge is 2.10. The molecule has 0 saturated heterocycles. The second-order valence-corrected chi connectivity index (χ2v) is 5.25. The summed E-state index contributed by atoms with van der Waals surface area (Å²) in [6.45, 7) is 0. The average molecular weight is 285 g/mol. The number of benzene rings is 2. The molecule has 0 aliphatic rings. The van der Waals surface area contributed by atoms with Crippen LogP contribution in [0, 0.1) is 0 Å². The third-order valence-electron chi connectivity index (χ3n) is 2.26. The van der Waals surface area contributed by atoms with Gasteiger partial charge in [0, 0.05) is 5.75 Å². The minimum Gasteiger partial charge on any atom is -0.507 e. The van der Waals surface area contributed by atoms with E-state index < -0.39 is 0 Å². The van der Waals surface area contributed by atoms with Gasteiger partial charge in [0.25, 0.3) is 0 Å². The highest BCUT2D eigenvalue weighted by molar-refractivity contribution is 7.98. The molecule has 17 heavy (non-hydrogen) atoms. The Balaban J connectivity index is 2.17. The van der Waals surface area contributed by atoms with Gasteiger partial charge >= 0.3 is 0 Å². The molecule has 0 amide bonds. The zero-order valence-electron chi connectivity index (χ0n) is 8.86. The zero-order valence-corrected chi connectivity index (χ0v) is 11.2. The van der Waals surface area contributed by atoms with Crippen LogP contribution in [0.25, 0.3) is 0 Å². The van der Waals surface area contributed by atoms with E-state index >= 15 is 0 Å². The maximum Gasteiger partial charge on any atom is 0.130 e. The molecule has 0 aliphatic carbocycles. The molecule has 2 rings (SSSR count). The standard InChI is InChI=1S/C13H10Cl2OS/c14-10-6-7-11(16)13(12(10)15)17-8-9-4-2-1-3-5-9/h1-7,16H,8H2. The normalized spacial score (nSPS) is 10.5. The first kappa shape index (κ1) is 12.6. The van der Waals surface area contributed by atoms with Gasteiger partial charge in [-0.3, -0.25) is 0 Å². The molecule has 0 heterocycles. The van der Waals surface area contributed by atoms with Crippen molar-refractivity contribution in [3.05, 3.63) is 58.1 Å². The van der Waals surface area contributed by atoms with Crippen LogP contribution in [0.2, 0.25) is 10.0 Å². The largest absolute Gasteiger partial charge is 0.507 e. The van der Waals surface area contributed by atoms with Gasteiger partial charge in [-0.15, -0.1) is 11.8 Å². The third-order valence-corrected chi connectivity index (χ3v) is 4.35. The molecule has 0 bridgehead atoms. The Kier molecular flexibility index (Phi) is 4.21. The fourth-order valence-corrected chi connectivity index (χ4v) is 2.88. The zero-order chi connectivity index (χ0) is 12.3. The highest BCUT2D eigenvalue weighted by Crippen LogP contribution is 2.40. The molecule has 0 aromatic heterocycles. The van der Waals surface area contributed by atoms with Crippen LogP contribution in [0.5, 0.6) is 5.75 Å². The van der Waals surface area contributed by atoms with Crippen LogP contribution in [-0.2, 0) is 5.75 Å². The van der Waals surface area contributed by atoms with Gasteiger partial charge in [0.2, 0.25) is 0 Å². The van der Waals surface area contributed by atoms with Crippen molar-refractivity contribution >= 4 is 35.0 Å². The van der Waals surface area contributed by atoms with E-state index in [2.05, 4.69) is 0 Å². The SMILES string of the molecule is Oc1ccc(Cl)c(Cl)c1SCc1ccccc1. The highest BCUT2D eigenvalue weighted by atomic mass is 35.5. The predicted molar refractivity (Wildman–Crippen MR) is 74.1 cm³/mol. The van der Waals surface area contributed by atoms with Crippen molar-refractivity contribution in [3.63, 3.8) is 0 Å². The van der Waals surface area contributed by atoms with Crippen LogP contribution in [0.15, 0.2) is 47.4 Å². The van der Waals surface area contributed by atoms with Gasteiger partial charge in [-0.1, -0.05) is 53.5 Å². The van der Waals surface area contributed by atoms with Gasteiger partial charge < -0.3 is 5.11 Å². The maximum absolute atomic E-state index is 9.73. The topological polar surface area (TPSA) is 20.2 Å². The molecule has 0 atom stereocenters. The molecule has 0 saturated carbocycles. The lowest BCUT2D eigenvalue weighted by molar-refractivity contribution is 0.462. The fourth-order valence-electron chi connectivity index (χ4n) is 1.39. The Morgan fingerprint density at radius 2 is 1.71 bits per heavy atom. The summed E-state index contributed by atoms with van der Waals surface area (Å²) in [5.41, 5.74) is 1.17. The van der Waals surface area contributed by atoms with Gasteiger partial charge in [-0.25, -0.2) is 0 Å². The van der Waals surface area contributed by atoms with Crippen LogP contribution in [0.3, 0.4) is 0 Å². The number of hydrogen-bond acceptors (Lipinski definition) is 2. The van der Waals surface area contributed by atoms with Gasteiger partial charge in [-0.2, -0.15) is 0 Å². The van der Waals surface area contributed by atoms with E-state index in [0.717, 1.165) is 5.75 Å². The lowest BCUT2D eigenvalue weighted by Gasteiger charge is -2.08. The molecule has 0 fully saturated rings. The van der Waals surface area contributed by atoms with E-state index in [1.807, 2.05) is 30.3 Å². The summed E-state index contributed by atoms with van der Waals surface area (Å²) in [5, 5.41) is 10.6. The van der Waals surface area contributed by atoms with Crippen LogP contribution in [0.4, 0.5) is 0 Å². The maximum atomic E-state index is 9.73. The second-order valence-electron chi connectivity index (χ2n) is 3.48. The molecular formula is C13H10Cl2OS. The van der Waals surface area contributed by atoms with Gasteiger partial charge in [0.05, 0.1) is 14.9 Å². The van der Waals surface area contributed by atoms with E-state index in [1.54, 1.807) is 12.1 Å². The van der Waals surface area contributed by atoms with E-state index in [4.69, 9.17) is 23.2 Å². The number of rotatable bonds is 3. The van der Waals surface area contributed by atoms with Crippen LogP contribution in [0.1, 0.15) is 5.56 Å². The molecule has 88 valence electrons. The summed E-state index contributed by atoms with van der Waals surface area (Å²) in [6.07, 6.45) is 0. The Bertz CT molecular complexity index is 514. The Morgan fingerprint density at radius 3 is 2.41 bits per heavy atom. The van der Waals surface area contributed by atoms with Crippen molar-refractivity contribution in [3.8, 4) is 5.75 Å². The first-order valence-corrected chi connectivity index (χ1v) is 6.76. The van der Waals surface area contributed by atoms with E-state index in [1.165, 1.54) is 17.3 Å². The summed E-state index contributed by atoms with van der Waals surface area (Å²) < 4.78 is 0. The lowest BCUT2D eigenvalue weighted by Crippen LogP contribution is -1.82. The summed E-state index contributed by atoms with van der Waals surface area (Å²) in [7, 11) is 0. The number of halogens is 2. The van der Waals surface area contributed by atoms with Crippen molar-refractivity contribution in [1.82, 2.24) is 0 Å². The van der Waals surface area contributed by atoms with Crippen molar-refractivity contribution in [2.45, 2.75) is 10.6 Å². The lowest BCUT2D eigenvalue weighted by atomic mass is 10.2. The Labute approximate surface area is 114 Å². The van der Waals surface area contributed by atoms with Crippen molar-refractivity contribution in [2.24, 2.45) is 0 Å². The summed E-state index contributed by atoms with van der Waals surface area (Å²) in [6, 6.07) is 13.1. The molecule has 1 nitrogen and oxygen atoms in total. The monoisotopic (exact) mass is 284 g/mol. The summed E-state index contributed by atoms with van der Waals surface area (Å²) >= 11 is 13.4. The molecule has 4 heteroatoms. The minimum atomic E-state index is 0.167. The number of phenolic OH excluding ortho intramolecular Hbond substituents is 1. The molecule has 0 aliphatic heterocycles. The molecular weight excluding hydrogens is 275 g/mol. The van der Waals surface area contributed by atoms with Crippen LogP contribution >= 0.6 is 35.0 Å². The van der Waals surface area contributed by atoms with E-state index in [-0.39, 0.29) is 5.75 Å². The number of thioether (sulfide) groups is 1. The first-order valence-electron chi connectivity index (χ1n) is 5.02. The molecule has 0 spiro atoms. The quantitative estimate of drug-likeness (QED) is 0.801. The predicted octanol–water partition coefficient (Wildman–Crippen LogP) is 4.99. The van der Waals surface area contributed by atoms with Crippen molar-refractivity contribution in [1.29, 1.82) is 0 Å². The minimum absolute atomic E-state index is 0.167. The average Bonchev–Trinajstić information content (AvgIpc) is 2.35. The second kappa shape index (κ2) is 5.67. The molecule has 0 unspecified atom stereocenters. The number of phenols is 1. The van der Waals surface area contributed by atoms with Crippen LogP contribution < -0.4 is 0 Å². The fraction of sp³-hybridized carbons (Fsp3) is 0.0769. The van der Waals surface area contributed by atoms with Crippen molar-refractivity contribution < 1.29 is 5.11 Å². The Morgan fingerprint density at radius 1 is 1.00 bits per heavy atom. The van der Waals surface area contributed by atoms with Gasteiger partial charge in [0.15, 0.2) is 0 Å². The smallest absolute Gasteiger partial charge is 0.130 e. The first-order chi connectivity index (χ1) is 8.18. The van der Waals surface area contributed by atoms with Gasteiger partial charge in [0.1, 0.15) is 5.75 Å².